The number of benzene rings is 12. The highest BCUT2D eigenvalue weighted by Gasteiger charge is 2.46. The van der Waals surface area contributed by atoms with Gasteiger partial charge in [-0.2, -0.15) is 0 Å². The lowest BCUT2D eigenvalue weighted by Gasteiger charge is -2.33. The van der Waals surface area contributed by atoms with Crippen molar-refractivity contribution in [2.75, 3.05) is 0 Å². The summed E-state index contributed by atoms with van der Waals surface area (Å²) in [5, 5.41) is 5.08. The first-order chi connectivity index (χ1) is 34.3. The normalized spacial score (nSPS) is 12.8. The Morgan fingerprint density at radius 3 is 1.16 bits per heavy atom. The molecular weight excluding hydrogens is 829 g/mol. The molecule has 0 radical (unpaired) electrons. The minimum absolute atomic E-state index is 0.443. The second-order valence-electron chi connectivity index (χ2n) is 18.6. The van der Waals surface area contributed by atoms with Crippen molar-refractivity contribution in [1.29, 1.82) is 0 Å². The third-order valence-corrected chi connectivity index (χ3v) is 15.1. The molecule has 0 saturated heterocycles. The van der Waals surface area contributed by atoms with Crippen molar-refractivity contribution in [2.24, 2.45) is 0 Å². The molecule has 0 aliphatic heterocycles. The molecule has 0 spiro atoms. The van der Waals surface area contributed by atoms with E-state index in [0.717, 1.165) is 0 Å². The lowest BCUT2D eigenvalue weighted by atomic mass is 9.67. The number of hydrogen-bond donors (Lipinski definition) is 0. The van der Waals surface area contributed by atoms with Gasteiger partial charge < -0.3 is 0 Å². The van der Waals surface area contributed by atoms with E-state index >= 15 is 0 Å². The number of fused-ring (bicyclic) bond motifs is 7. The number of hydrogen-bond acceptors (Lipinski definition) is 0. The maximum absolute atomic E-state index is 2.49. The van der Waals surface area contributed by atoms with Crippen LogP contribution in [0.2, 0.25) is 0 Å². The van der Waals surface area contributed by atoms with Gasteiger partial charge in [-0.15, -0.1) is 0 Å². The van der Waals surface area contributed by atoms with Crippen LogP contribution in [0.4, 0.5) is 0 Å². The van der Waals surface area contributed by atoms with E-state index in [1.165, 1.54) is 133 Å². The Morgan fingerprint density at radius 1 is 0.203 bits per heavy atom. The first-order valence-electron chi connectivity index (χ1n) is 24.1. The topological polar surface area (TPSA) is 0 Å². The third kappa shape index (κ3) is 5.83. The Hall–Kier alpha value is -8.84. The molecule has 0 heteroatoms. The highest BCUT2D eigenvalue weighted by Crippen LogP contribution is 2.61. The van der Waals surface area contributed by atoms with Gasteiger partial charge in [0.15, 0.2) is 0 Å². The highest BCUT2D eigenvalue weighted by molar-refractivity contribution is 6.29. The Balaban J connectivity index is 1.06. The van der Waals surface area contributed by atoms with Gasteiger partial charge in [-0.25, -0.2) is 0 Å². The summed E-state index contributed by atoms with van der Waals surface area (Å²) in [6.45, 7) is 0. The van der Waals surface area contributed by atoms with Crippen molar-refractivity contribution >= 4 is 21.5 Å². The van der Waals surface area contributed by atoms with Gasteiger partial charge >= 0.3 is 0 Å². The zero-order valence-electron chi connectivity index (χ0n) is 37.9. The van der Waals surface area contributed by atoms with Gasteiger partial charge in [0, 0.05) is 0 Å². The molecule has 2 aliphatic rings. The van der Waals surface area contributed by atoms with E-state index in [1.54, 1.807) is 0 Å². The molecule has 69 heavy (non-hydrogen) atoms. The molecule has 0 saturated carbocycles. The van der Waals surface area contributed by atoms with Crippen LogP contribution in [0.5, 0.6) is 0 Å². The van der Waals surface area contributed by atoms with Crippen LogP contribution in [-0.4, -0.2) is 0 Å². The lowest BCUT2D eigenvalue weighted by molar-refractivity contribution is 0.768. The SMILES string of the molecule is c1ccc(-c2cc3c(-c4ccccc4)c4c(c(-c5ccccc5)c3cc2-c2ccccc2)-c2ccc(-c3ccc5c(c3)-c3ccccc3C5(c3ccccc3)c3ccccc3)c3cccc-4c23)cc1. The Bertz CT molecular complexity index is 3770. The molecule has 14 rings (SSSR count). The molecule has 0 amide bonds. The molecule has 0 fully saturated rings. The fourth-order valence-electron chi connectivity index (χ4n) is 12.3. The fraction of sp³-hybridized carbons (Fsp3) is 0.0145. The van der Waals surface area contributed by atoms with E-state index in [1.807, 2.05) is 0 Å². The molecule has 2 aliphatic carbocycles. The second-order valence-corrected chi connectivity index (χ2v) is 18.6. The van der Waals surface area contributed by atoms with Crippen LogP contribution in [0, 0.1) is 0 Å². The monoisotopic (exact) mass is 872 g/mol. The molecule has 0 bridgehead atoms. The van der Waals surface area contributed by atoms with E-state index in [0.29, 0.717) is 0 Å². The van der Waals surface area contributed by atoms with Gasteiger partial charge in [0.05, 0.1) is 5.41 Å². The van der Waals surface area contributed by atoms with Gasteiger partial charge in [0.1, 0.15) is 0 Å². The minimum atomic E-state index is -0.443. The van der Waals surface area contributed by atoms with Gasteiger partial charge in [-0.1, -0.05) is 249 Å². The van der Waals surface area contributed by atoms with Crippen molar-refractivity contribution in [3.63, 3.8) is 0 Å². The van der Waals surface area contributed by atoms with E-state index in [4.69, 9.17) is 0 Å². The minimum Gasteiger partial charge on any atom is -0.0622 e. The molecule has 0 unspecified atom stereocenters. The summed E-state index contributed by atoms with van der Waals surface area (Å²) in [6.07, 6.45) is 0. The zero-order chi connectivity index (χ0) is 45.5. The van der Waals surface area contributed by atoms with E-state index in [9.17, 15) is 0 Å². The van der Waals surface area contributed by atoms with Gasteiger partial charge in [-0.05, 0) is 151 Å². The van der Waals surface area contributed by atoms with Crippen LogP contribution in [0.15, 0.2) is 267 Å². The first-order valence-corrected chi connectivity index (χ1v) is 24.1. The van der Waals surface area contributed by atoms with Crippen LogP contribution in [0.1, 0.15) is 22.3 Å². The maximum Gasteiger partial charge on any atom is 0.0713 e. The first kappa shape index (κ1) is 39.3. The molecule has 0 N–H and O–H groups in total. The number of rotatable bonds is 7. The van der Waals surface area contributed by atoms with Gasteiger partial charge in [-0.3, -0.25) is 0 Å². The fourth-order valence-corrected chi connectivity index (χ4v) is 12.3. The quantitative estimate of drug-likeness (QED) is 0.150. The predicted molar refractivity (Wildman–Crippen MR) is 290 cm³/mol. The molecule has 0 atom stereocenters. The summed E-state index contributed by atoms with van der Waals surface area (Å²) in [5.74, 6) is 0. The molecule has 12 aromatic carbocycles. The van der Waals surface area contributed by atoms with E-state index < -0.39 is 5.41 Å². The lowest BCUT2D eigenvalue weighted by Crippen LogP contribution is -2.28. The van der Waals surface area contributed by atoms with Crippen molar-refractivity contribution < 1.29 is 0 Å². The molecule has 0 nitrogen and oxygen atoms in total. The van der Waals surface area contributed by atoms with Crippen LogP contribution in [0.25, 0.3) is 111 Å². The largest absolute Gasteiger partial charge is 0.0713 e. The van der Waals surface area contributed by atoms with E-state index in [-0.39, 0.29) is 0 Å². The van der Waals surface area contributed by atoms with Crippen LogP contribution < -0.4 is 0 Å². The summed E-state index contributed by atoms with van der Waals surface area (Å²) in [6, 6.07) is 99.4. The third-order valence-electron chi connectivity index (χ3n) is 15.1. The summed E-state index contributed by atoms with van der Waals surface area (Å²) in [5.41, 5.74) is 24.8. The van der Waals surface area contributed by atoms with Crippen LogP contribution in [0.3, 0.4) is 0 Å². The average molecular weight is 873 g/mol. The molecule has 320 valence electrons. The van der Waals surface area contributed by atoms with Crippen LogP contribution >= 0.6 is 0 Å². The van der Waals surface area contributed by atoms with E-state index in [2.05, 4.69) is 267 Å². The standard InChI is InChI=1S/C69H44/c1-7-22-45(23-8-1)57-43-60-61(44-58(57)46-24-9-2-10-25-46)65(48-28-13-4-14-29-48)68-56-40-39-52(54-35-21-36-55(66(54)56)67(68)64(60)47-26-11-3-12-27-47)49-38-41-63-59(42-49)53-34-19-20-37-62(53)69(63,50-30-15-5-16-31-50)51-32-17-6-18-33-51/h1-44H. The van der Waals surface area contributed by atoms with Crippen molar-refractivity contribution in [3.05, 3.63) is 289 Å². The molecule has 12 aromatic rings. The summed E-state index contributed by atoms with van der Waals surface area (Å²) >= 11 is 0. The van der Waals surface area contributed by atoms with Crippen LogP contribution in [-0.2, 0) is 5.41 Å². The van der Waals surface area contributed by atoms with Gasteiger partial charge in [0.2, 0.25) is 0 Å². The predicted octanol–water partition coefficient (Wildman–Crippen LogP) is 18.3. The second kappa shape index (κ2) is 15.6. The highest BCUT2D eigenvalue weighted by atomic mass is 14.5. The smallest absolute Gasteiger partial charge is 0.0622 e. The maximum atomic E-state index is 2.49. The van der Waals surface area contributed by atoms with Crippen molar-refractivity contribution in [3.8, 4) is 89.0 Å². The summed E-state index contributed by atoms with van der Waals surface area (Å²) in [4.78, 5) is 0. The average Bonchev–Trinajstić information content (AvgIpc) is 3.92. The summed E-state index contributed by atoms with van der Waals surface area (Å²) in [7, 11) is 0. The molecule has 0 heterocycles. The van der Waals surface area contributed by atoms with Crippen molar-refractivity contribution in [1.82, 2.24) is 0 Å². The molecule has 0 aromatic heterocycles. The summed E-state index contributed by atoms with van der Waals surface area (Å²) < 4.78 is 0. The van der Waals surface area contributed by atoms with Crippen molar-refractivity contribution in [2.45, 2.75) is 5.41 Å². The Morgan fingerprint density at radius 2 is 0.623 bits per heavy atom. The molecular formula is C69H44. The zero-order valence-corrected chi connectivity index (χ0v) is 37.9. The van der Waals surface area contributed by atoms with Gasteiger partial charge in [0.25, 0.3) is 0 Å². The Kier molecular flexibility index (Phi) is 8.91. The Labute approximate surface area is 403 Å².